The Balaban J connectivity index is 0.000000360. The summed E-state index contributed by atoms with van der Waals surface area (Å²) in [7, 11) is 0. The Kier molecular flexibility index (Phi) is 4.85. The summed E-state index contributed by atoms with van der Waals surface area (Å²) in [6.07, 6.45) is 1.26. The molecule has 0 N–H and O–H groups in total. The van der Waals surface area contributed by atoms with Crippen molar-refractivity contribution in [3.8, 4) is 0 Å². The zero-order valence-electron chi connectivity index (χ0n) is 4.11. The van der Waals surface area contributed by atoms with Gasteiger partial charge in [-0.1, -0.05) is 6.92 Å². The minimum absolute atomic E-state index is 0. The van der Waals surface area contributed by atoms with Crippen LogP contribution >= 0.6 is 0 Å². The third-order valence-corrected chi connectivity index (χ3v) is 1.16. The average molecular weight is 128 g/mol. The van der Waals surface area contributed by atoms with Crippen LogP contribution in [0.2, 0.25) is 0 Å². The van der Waals surface area contributed by atoms with Crippen molar-refractivity contribution in [1.29, 1.82) is 0 Å². The van der Waals surface area contributed by atoms with Gasteiger partial charge in [-0.25, -0.2) is 0 Å². The van der Waals surface area contributed by atoms with E-state index in [0.717, 1.165) is 19.1 Å². The van der Waals surface area contributed by atoms with Crippen LogP contribution in [0.15, 0.2) is 0 Å². The molecule has 1 unspecified atom stereocenters. The quantitative estimate of drug-likeness (QED) is 0.421. The Morgan fingerprint density at radius 2 is 2.29 bits per heavy atom. The molecule has 1 nitrogen and oxygen atoms in total. The normalized spacial score (nSPS) is 29.6. The van der Waals surface area contributed by atoms with E-state index in [-0.39, 0.29) is 37.7 Å². The van der Waals surface area contributed by atoms with Gasteiger partial charge in [0.15, 0.2) is 0 Å². The van der Waals surface area contributed by atoms with Gasteiger partial charge in [0, 0.05) is 13.2 Å². The molecule has 1 rings (SSSR count). The van der Waals surface area contributed by atoms with Crippen LogP contribution in [0.1, 0.15) is 13.3 Å². The van der Waals surface area contributed by atoms with Crippen molar-refractivity contribution in [3.05, 3.63) is 0 Å². The molecule has 1 atom stereocenters. The average Bonchev–Trinajstić information content (AvgIpc) is 1.86. The summed E-state index contributed by atoms with van der Waals surface area (Å²) in [5, 5.41) is 0. The van der Waals surface area contributed by atoms with Crippen molar-refractivity contribution in [3.63, 3.8) is 0 Å². The van der Waals surface area contributed by atoms with Crippen LogP contribution in [0.4, 0.5) is 0 Å². The van der Waals surface area contributed by atoms with E-state index in [1.54, 1.807) is 0 Å². The molecule has 7 heavy (non-hydrogen) atoms. The monoisotopic (exact) mass is 128 g/mol. The fraction of sp³-hybridized carbons (Fsp3) is 1.00. The zero-order valence-corrected chi connectivity index (χ0v) is 4.11. The molecule has 0 aliphatic carbocycles. The Morgan fingerprint density at radius 3 is 2.43 bits per heavy atom. The van der Waals surface area contributed by atoms with Crippen LogP contribution in [0.3, 0.4) is 0 Å². The Hall–Kier alpha value is 1.22. The molecule has 1 fully saturated rings. The molecule has 0 aromatic carbocycles. The summed E-state index contributed by atoms with van der Waals surface area (Å²) >= 11 is 0. The molecular formula is C5H12CaO. The molecule has 0 bridgehead atoms. The van der Waals surface area contributed by atoms with Crippen molar-refractivity contribution in [2.45, 2.75) is 13.3 Å². The number of ether oxygens (including phenoxy) is 1. The van der Waals surface area contributed by atoms with Crippen LogP contribution in [-0.4, -0.2) is 51.0 Å². The molecule has 0 amide bonds. The molecule has 1 aliphatic heterocycles. The second-order valence-electron chi connectivity index (χ2n) is 1.97. The van der Waals surface area contributed by atoms with Crippen LogP contribution < -0.4 is 0 Å². The van der Waals surface area contributed by atoms with Crippen molar-refractivity contribution in [2.75, 3.05) is 13.2 Å². The van der Waals surface area contributed by atoms with E-state index in [1.807, 2.05) is 0 Å². The summed E-state index contributed by atoms with van der Waals surface area (Å²) in [4.78, 5) is 0. The molecule has 1 aliphatic rings. The van der Waals surface area contributed by atoms with E-state index >= 15 is 0 Å². The van der Waals surface area contributed by atoms with Crippen LogP contribution in [0, 0.1) is 5.92 Å². The predicted molar refractivity (Wildman–Crippen MR) is 33.1 cm³/mol. The van der Waals surface area contributed by atoms with E-state index in [9.17, 15) is 0 Å². The first-order chi connectivity index (χ1) is 2.89. The minimum atomic E-state index is 0. The summed E-state index contributed by atoms with van der Waals surface area (Å²) in [5.41, 5.74) is 0. The van der Waals surface area contributed by atoms with Gasteiger partial charge in [-0.3, -0.25) is 0 Å². The van der Waals surface area contributed by atoms with Gasteiger partial charge in [-0.05, 0) is 12.3 Å². The van der Waals surface area contributed by atoms with Gasteiger partial charge in [-0.2, -0.15) is 0 Å². The first-order valence-corrected chi connectivity index (χ1v) is 2.47. The van der Waals surface area contributed by atoms with Crippen molar-refractivity contribution in [2.24, 2.45) is 5.92 Å². The van der Waals surface area contributed by atoms with E-state index in [1.165, 1.54) is 6.42 Å². The van der Waals surface area contributed by atoms with Gasteiger partial charge in [0.05, 0.1) is 0 Å². The second kappa shape index (κ2) is 4.13. The zero-order chi connectivity index (χ0) is 4.41. The summed E-state index contributed by atoms with van der Waals surface area (Å²) in [6.45, 7) is 4.19. The number of hydrogen-bond donors (Lipinski definition) is 0. The molecule has 40 valence electrons. The Morgan fingerprint density at radius 1 is 1.57 bits per heavy atom. The van der Waals surface area contributed by atoms with Crippen LogP contribution in [0.25, 0.3) is 0 Å². The molecule has 1 saturated heterocycles. The first kappa shape index (κ1) is 8.22. The van der Waals surface area contributed by atoms with Gasteiger partial charge in [0.2, 0.25) is 0 Å². The standard InChI is InChI=1S/C5H10O.Ca.2H/c1-5-2-3-6-4-5;;;/h5H,2-4H2,1H3;;;. The summed E-state index contributed by atoms with van der Waals surface area (Å²) in [5.74, 6) is 0.824. The fourth-order valence-electron chi connectivity index (χ4n) is 0.652. The van der Waals surface area contributed by atoms with Gasteiger partial charge in [-0.15, -0.1) is 0 Å². The van der Waals surface area contributed by atoms with Gasteiger partial charge < -0.3 is 4.74 Å². The molecule has 1 heterocycles. The second-order valence-corrected chi connectivity index (χ2v) is 1.97. The number of hydrogen-bond acceptors (Lipinski definition) is 1. The van der Waals surface area contributed by atoms with E-state index < -0.39 is 0 Å². The maximum atomic E-state index is 5.06. The van der Waals surface area contributed by atoms with Gasteiger partial charge in [0.25, 0.3) is 0 Å². The molecule has 2 heteroatoms. The van der Waals surface area contributed by atoms with E-state index in [2.05, 4.69) is 6.92 Å². The van der Waals surface area contributed by atoms with Crippen LogP contribution in [0.5, 0.6) is 0 Å². The summed E-state index contributed by atoms with van der Waals surface area (Å²) < 4.78 is 5.06. The summed E-state index contributed by atoms with van der Waals surface area (Å²) in [6, 6.07) is 0. The first-order valence-electron chi connectivity index (χ1n) is 2.47. The molecule has 0 saturated carbocycles. The molecular weight excluding hydrogens is 116 g/mol. The van der Waals surface area contributed by atoms with E-state index in [0.29, 0.717) is 0 Å². The van der Waals surface area contributed by atoms with Crippen molar-refractivity contribution in [1.82, 2.24) is 0 Å². The van der Waals surface area contributed by atoms with Crippen molar-refractivity contribution >= 4 is 37.7 Å². The Bertz CT molecular complexity index is 41.3. The van der Waals surface area contributed by atoms with Gasteiger partial charge >= 0.3 is 37.7 Å². The third kappa shape index (κ3) is 2.91. The van der Waals surface area contributed by atoms with Crippen LogP contribution in [-0.2, 0) is 4.74 Å². The maximum absolute atomic E-state index is 5.06. The van der Waals surface area contributed by atoms with E-state index in [4.69, 9.17) is 4.74 Å². The Labute approximate surface area is 74.4 Å². The number of rotatable bonds is 0. The van der Waals surface area contributed by atoms with Gasteiger partial charge in [0.1, 0.15) is 0 Å². The molecule has 0 spiro atoms. The topological polar surface area (TPSA) is 9.23 Å². The SMILES string of the molecule is CC1CCOC1.[CaH2]. The molecule has 0 radical (unpaired) electrons. The predicted octanol–water partition coefficient (Wildman–Crippen LogP) is 0.127. The molecule has 0 aromatic rings. The fourth-order valence-corrected chi connectivity index (χ4v) is 0.652. The van der Waals surface area contributed by atoms with Crippen molar-refractivity contribution < 1.29 is 4.74 Å². The molecule has 0 aromatic heterocycles. The third-order valence-electron chi connectivity index (χ3n) is 1.16.